The summed E-state index contributed by atoms with van der Waals surface area (Å²) in [7, 11) is 1.37. The average molecular weight is 222 g/mol. The summed E-state index contributed by atoms with van der Waals surface area (Å²) in [6, 6.07) is 7.07. The molecule has 0 N–H and O–H groups in total. The number of carbonyl (C=O) groups is 1. The molecule has 16 heavy (non-hydrogen) atoms. The van der Waals surface area contributed by atoms with Crippen molar-refractivity contribution in [3.63, 3.8) is 0 Å². The minimum atomic E-state index is -0.338. The van der Waals surface area contributed by atoms with Gasteiger partial charge in [0.25, 0.3) is 0 Å². The van der Waals surface area contributed by atoms with E-state index in [4.69, 9.17) is 4.74 Å². The van der Waals surface area contributed by atoms with Crippen LogP contribution in [0.3, 0.4) is 0 Å². The van der Waals surface area contributed by atoms with Crippen molar-refractivity contribution < 1.29 is 14.3 Å². The van der Waals surface area contributed by atoms with Gasteiger partial charge in [-0.05, 0) is 31.0 Å². The zero-order valence-electron chi connectivity index (χ0n) is 10.0. The topological polar surface area (TPSA) is 35.5 Å². The molecule has 1 aromatic carbocycles. The molecule has 0 bridgehead atoms. The Kier molecular flexibility index (Phi) is 4.83. The third-order valence-electron chi connectivity index (χ3n) is 2.47. The van der Waals surface area contributed by atoms with Crippen LogP contribution in [0.2, 0.25) is 0 Å². The second kappa shape index (κ2) is 6.16. The molecule has 88 valence electrons. The van der Waals surface area contributed by atoms with Gasteiger partial charge in [-0.25, -0.2) is 4.79 Å². The summed E-state index contributed by atoms with van der Waals surface area (Å²) in [5, 5.41) is 0. The lowest BCUT2D eigenvalue weighted by Gasteiger charge is -2.15. The summed E-state index contributed by atoms with van der Waals surface area (Å²) >= 11 is 0. The van der Waals surface area contributed by atoms with Crippen molar-refractivity contribution in [1.29, 1.82) is 0 Å². The van der Waals surface area contributed by atoms with Crippen molar-refractivity contribution in [3.8, 4) is 5.75 Å². The Morgan fingerprint density at radius 1 is 1.31 bits per heavy atom. The minimum absolute atomic E-state index is 0.202. The highest BCUT2D eigenvalue weighted by Gasteiger charge is 2.09. The molecule has 0 aromatic heterocycles. The van der Waals surface area contributed by atoms with E-state index in [-0.39, 0.29) is 12.1 Å². The van der Waals surface area contributed by atoms with Gasteiger partial charge < -0.3 is 9.47 Å². The van der Waals surface area contributed by atoms with Crippen LogP contribution in [0, 0.1) is 0 Å². The molecule has 0 spiro atoms. The molecule has 0 saturated heterocycles. The molecule has 3 nitrogen and oxygen atoms in total. The fraction of sp³-hybridized carbons (Fsp3) is 0.462. The zero-order valence-corrected chi connectivity index (χ0v) is 10.0. The smallest absolute Gasteiger partial charge is 0.337 e. The van der Waals surface area contributed by atoms with Crippen LogP contribution in [0.4, 0.5) is 0 Å². The van der Waals surface area contributed by atoms with E-state index in [2.05, 4.69) is 18.6 Å². The quantitative estimate of drug-likeness (QED) is 0.718. The SMILES string of the molecule is CCC(CC)Oc1cccc(C(=O)OC)c1. The average Bonchev–Trinajstić information content (AvgIpc) is 2.35. The van der Waals surface area contributed by atoms with Crippen molar-refractivity contribution in [2.75, 3.05) is 7.11 Å². The Morgan fingerprint density at radius 3 is 2.56 bits per heavy atom. The number of esters is 1. The van der Waals surface area contributed by atoms with E-state index in [0.29, 0.717) is 5.56 Å². The molecule has 0 aliphatic heterocycles. The first kappa shape index (κ1) is 12.6. The number of carbonyl (C=O) groups excluding carboxylic acids is 1. The predicted octanol–water partition coefficient (Wildman–Crippen LogP) is 3.04. The highest BCUT2D eigenvalue weighted by atomic mass is 16.5. The minimum Gasteiger partial charge on any atom is -0.490 e. The molecule has 0 aliphatic rings. The maximum atomic E-state index is 11.3. The Labute approximate surface area is 96.4 Å². The van der Waals surface area contributed by atoms with Crippen LogP contribution in [0.15, 0.2) is 24.3 Å². The molecule has 0 saturated carbocycles. The number of ether oxygens (including phenoxy) is 2. The second-order valence-corrected chi connectivity index (χ2v) is 3.58. The fourth-order valence-corrected chi connectivity index (χ4v) is 1.46. The second-order valence-electron chi connectivity index (χ2n) is 3.58. The lowest BCUT2D eigenvalue weighted by molar-refractivity contribution is 0.0600. The number of hydrogen-bond donors (Lipinski definition) is 0. The Morgan fingerprint density at radius 2 is 2.00 bits per heavy atom. The van der Waals surface area contributed by atoms with Crippen LogP contribution < -0.4 is 4.74 Å². The standard InChI is InChI=1S/C13H18O3/c1-4-11(5-2)16-12-8-6-7-10(9-12)13(14)15-3/h6-9,11H,4-5H2,1-3H3. The summed E-state index contributed by atoms with van der Waals surface area (Å²) in [5.41, 5.74) is 0.519. The molecule has 0 unspecified atom stereocenters. The van der Waals surface area contributed by atoms with E-state index >= 15 is 0 Å². The van der Waals surface area contributed by atoms with E-state index < -0.39 is 0 Å². The van der Waals surface area contributed by atoms with Gasteiger partial charge in [-0.2, -0.15) is 0 Å². The molecule has 0 atom stereocenters. The van der Waals surface area contributed by atoms with Crippen LogP contribution in [0.5, 0.6) is 5.75 Å². The maximum absolute atomic E-state index is 11.3. The van der Waals surface area contributed by atoms with E-state index in [1.807, 2.05) is 6.07 Å². The van der Waals surface area contributed by atoms with Gasteiger partial charge in [0, 0.05) is 0 Å². The van der Waals surface area contributed by atoms with Crippen LogP contribution in [0.25, 0.3) is 0 Å². The molecule has 0 aliphatic carbocycles. The Balaban J connectivity index is 2.78. The number of hydrogen-bond acceptors (Lipinski definition) is 3. The highest BCUT2D eigenvalue weighted by molar-refractivity contribution is 5.89. The molecular formula is C13H18O3. The first-order valence-corrected chi connectivity index (χ1v) is 5.56. The summed E-state index contributed by atoms with van der Waals surface area (Å²) in [4.78, 5) is 11.3. The summed E-state index contributed by atoms with van der Waals surface area (Å²) in [6.45, 7) is 4.16. The normalized spacial score (nSPS) is 10.2. The van der Waals surface area contributed by atoms with Crippen LogP contribution in [-0.2, 0) is 4.74 Å². The van der Waals surface area contributed by atoms with Crippen molar-refractivity contribution in [1.82, 2.24) is 0 Å². The van der Waals surface area contributed by atoms with E-state index in [0.717, 1.165) is 18.6 Å². The lowest BCUT2D eigenvalue weighted by Crippen LogP contribution is -2.14. The monoisotopic (exact) mass is 222 g/mol. The number of rotatable bonds is 5. The fourth-order valence-electron chi connectivity index (χ4n) is 1.46. The third-order valence-corrected chi connectivity index (χ3v) is 2.47. The van der Waals surface area contributed by atoms with Gasteiger partial charge in [0.05, 0.1) is 18.8 Å². The van der Waals surface area contributed by atoms with Crippen molar-refractivity contribution in [2.24, 2.45) is 0 Å². The Bertz CT molecular complexity index is 343. The van der Waals surface area contributed by atoms with E-state index in [1.165, 1.54) is 7.11 Å². The van der Waals surface area contributed by atoms with Gasteiger partial charge >= 0.3 is 5.97 Å². The zero-order chi connectivity index (χ0) is 12.0. The van der Waals surface area contributed by atoms with Crippen molar-refractivity contribution >= 4 is 5.97 Å². The molecule has 1 rings (SSSR count). The molecule has 0 amide bonds. The third kappa shape index (κ3) is 3.26. The van der Waals surface area contributed by atoms with E-state index in [9.17, 15) is 4.79 Å². The molecular weight excluding hydrogens is 204 g/mol. The number of benzene rings is 1. The van der Waals surface area contributed by atoms with Crippen molar-refractivity contribution in [2.45, 2.75) is 32.8 Å². The first-order valence-electron chi connectivity index (χ1n) is 5.56. The van der Waals surface area contributed by atoms with Crippen LogP contribution in [0.1, 0.15) is 37.0 Å². The van der Waals surface area contributed by atoms with Gasteiger partial charge in [-0.15, -0.1) is 0 Å². The molecule has 0 radical (unpaired) electrons. The highest BCUT2D eigenvalue weighted by Crippen LogP contribution is 2.17. The summed E-state index contributed by atoms with van der Waals surface area (Å²) in [6.07, 6.45) is 2.12. The molecule has 1 aromatic rings. The lowest BCUT2D eigenvalue weighted by atomic mass is 10.2. The van der Waals surface area contributed by atoms with Crippen molar-refractivity contribution in [3.05, 3.63) is 29.8 Å². The maximum Gasteiger partial charge on any atom is 0.337 e. The van der Waals surface area contributed by atoms with Crippen LogP contribution >= 0.6 is 0 Å². The molecule has 3 heteroatoms. The largest absolute Gasteiger partial charge is 0.490 e. The molecule has 0 heterocycles. The van der Waals surface area contributed by atoms with Gasteiger partial charge in [0.1, 0.15) is 5.75 Å². The molecule has 0 fully saturated rings. The number of methoxy groups -OCH3 is 1. The summed E-state index contributed by atoms with van der Waals surface area (Å²) < 4.78 is 10.4. The van der Waals surface area contributed by atoms with E-state index in [1.54, 1.807) is 18.2 Å². The first-order chi connectivity index (χ1) is 7.71. The summed E-state index contributed by atoms with van der Waals surface area (Å²) in [5.74, 6) is 0.381. The van der Waals surface area contributed by atoms with Gasteiger partial charge in [0.15, 0.2) is 0 Å². The van der Waals surface area contributed by atoms with Gasteiger partial charge in [-0.3, -0.25) is 0 Å². The van der Waals surface area contributed by atoms with Crippen LogP contribution in [-0.4, -0.2) is 19.2 Å². The predicted molar refractivity (Wildman–Crippen MR) is 62.8 cm³/mol. The van der Waals surface area contributed by atoms with Gasteiger partial charge in [-0.1, -0.05) is 19.9 Å². The Hall–Kier alpha value is -1.51. The van der Waals surface area contributed by atoms with Gasteiger partial charge in [0.2, 0.25) is 0 Å².